The van der Waals surface area contributed by atoms with Gasteiger partial charge in [0.2, 0.25) is 0 Å². The Balaban J connectivity index is 2.49. The molecule has 11 nitrogen and oxygen atoms in total. The molecule has 0 aromatic carbocycles. The normalized spacial score (nSPS) is 35.9. The van der Waals surface area contributed by atoms with Crippen LogP contribution in [0.4, 0.5) is 4.79 Å². The standard InChI is InChI=1S/C10H19NO10S/c12-4-5(13)7(15)9(8(16)6(4)14)21-10(17)11-2-1-3-22(18,19)20/h4-9,12-16H,1-3H2,(H,11,17)(H,18,19,20)/t4-,5-,6+,7+,8-,9+. The molecule has 7 N–H and O–H groups in total. The van der Waals surface area contributed by atoms with E-state index in [0.29, 0.717) is 0 Å². The number of nitrogens with one attached hydrogen (secondary N) is 1. The quantitative estimate of drug-likeness (QED) is 0.192. The van der Waals surface area contributed by atoms with E-state index in [2.05, 4.69) is 10.1 Å². The van der Waals surface area contributed by atoms with Crippen LogP contribution in [0.3, 0.4) is 0 Å². The Hall–Kier alpha value is -1.02. The summed E-state index contributed by atoms with van der Waals surface area (Å²) in [6.45, 7) is -0.175. The van der Waals surface area contributed by atoms with Crippen LogP contribution >= 0.6 is 0 Å². The summed E-state index contributed by atoms with van der Waals surface area (Å²) < 4.78 is 34.0. The summed E-state index contributed by atoms with van der Waals surface area (Å²) in [7, 11) is -4.15. The van der Waals surface area contributed by atoms with Gasteiger partial charge in [0.05, 0.1) is 5.75 Å². The molecule has 0 aromatic heterocycles. The van der Waals surface area contributed by atoms with Crippen molar-refractivity contribution in [3.8, 4) is 0 Å². The van der Waals surface area contributed by atoms with E-state index >= 15 is 0 Å². The average Bonchev–Trinajstić information content (AvgIpc) is 2.43. The van der Waals surface area contributed by atoms with Crippen LogP contribution in [0.1, 0.15) is 6.42 Å². The van der Waals surface area contributed by atoms with E-state index in [9.17, 15) is 38.7 Å². The van der Waals surface area contributed by atoms with Crippen LogP contribution in [0, 0.1) is 0 Å². The fourth-order valence-electron chi connectivity index (χ4n) is 1.95. The number of rotatable bonds is 5. The van der Waals surface area contributed by atoms with Crippen molar-refractivity contribution in [1.29, 1.82) is 0 Å². The molecule has 12 heteroatoms. The van der Waals surface area contributed by atoms with Crippen LogP contribution in [0.2, 0.25) is 0 Å². The van der Waals surface area contributed by atoms with E-state index in [0.717, 1.165) is 0 Å². The van der Waals surface area contributed by atoms with E-state index in [-0.39, 0.29) is 13.0 Å². The van der Waals surface area contributed by atoms with E-state index in [1.54, 1.807) is 0 Å². The molecular formula is C10H19NO10S. The third-order valence-electron chi connectivity index (χ3n) is 3.16. The Bertz CT molecular complexity index is 466. The second-order valence-electron chi connectivity index (χ2n) is 4.89. The summed E-state index contributed by atoms with van der Waals surface area (Å²) in [4.78, 5) is 11.4. The lowest BCUT2D eigenvalue weighted by atomic mass is 9.85. The van der Waals surface area contributed by atoms with E-state index in [1.165, 1.54) is 0 Å². The molecule has 0 heterocycles. The van der Waals surface area contributed by atoms with Gasteiger partial charge in [-0.3, -0.25) is 4.55 Å². The highest BCUT2D eigenvalue weighted by Gasteiger charge is 2.50. The molecule has 0 unspecified atom stereocenters. The summed E-state index contributed by atoms with van der Waals surface area (Å²) in [6.07, 6.45) is -12.0. The first-order chi connectivity index (χ1) is 10.0. The Morgan fingerprint density at radius 2 is 1.41 bits per heavy atom. The lowest BCUT2D eigenvalue weighted by Gasteiger charge is -2.40. The Labute approximate surface area is 125 Å². The number of hydrogen-bond donors (Lipinski definition) is 7. The third-order valence-corrected chi connectivity index (χ3v) is 3.97. The summed E-state index contributed by atoms with van der Waals surface area (Å²) in [5.74, 6) is -0.578. The first kappa shape index (κ1) is 19.0. The van der Waals surface area contributed by atoms with Crippen molar-refractivity contribution >= 4 is 16.2 Å². The first-order valence-corrected chi connectivity index (χ1v) is 7.95. The number of hydrogen-bond acceptors (Lipinski definition) is 9. The van der Waals surface area contributed by atoms with Gasteiger partial charge in [0.15, 0.2) is 6.10 Å². The molecule has 1 aliphatic carbocycles. The lowest BCUT2D eigenvalue weighted by molar-refractivity contribution is -0.222. The lowest BCUT2D eigenvalue weighted by Crippen LogP contribution is -2.64. The molecule has 0 aliphatic heterocycles. The van der Waals surface area contributed by atoms with E-state index in [4.69, 9.17) is 4.55 Å². The minimum atomic E-state index is -4.15. The van der Waals surface area contributed by atoms with Crippen LogP contribution in [0.5, 0.6) is 0 Å². The van der Waals surface area contributed by atoms with Crippen molar-refractivity contribution in [3.63, 3.8) is 0 Å². The fraction of sp³-hybridized carbons (Fsp3) is 0.900. The number of ether oxygens (including phenoxy) is 1. The Morgan fingerprint density at radius 1 is 0.955 bits per heavy atom. The largest absolute Gasteiger partial charge is 0.440 e. The maximum atomic E-state index is 11.4. The molecule has 130 valence electrons. The van der Waals surface area contributed by atoms with Gasteiger partial charge in [-0.05, 0) is 6.42 Å². The highest BCUT2D eigenvalue weighted by Crippen LogP contribution is 2.23. The van der Waals surface area contributed by atoms with Gasteiger partial charge >= 0.3 is 6.09 Å². The zero-order chi connectivity index (χ0) is 17.1. The van der Waals surface area contributed by atoms with Crippen LogP contribution in [-0.4, -0.2) is 93.5 Å². The summed E-state index contributed by atoms with van der Waals surface area (Å²) in [5.41, 5.74) is 0. The predicted octanol–water partition coefficient (Wildman–Crippen LogP) is -3.82. The highest BCUT2D eigenvalue weighted by molar-refractivity contribution is 7.85. The van der Waals surface area contributed by atoms with Crippen LogP contribution in [-0.2, 0) is 14.9 Å². The molecule has 0 radical (unpaired) electrons. The molecule has 1 amide bonds. The van der Waals surface area contributed by atoms with Gasteiger partial charge in [0, 0.05) is 6.54 Å². The Morgan fingerprint density at radius 3 is 1.86 bits per heavy atom. The fourth-order valence-corrected chi connectivity index (χ4v) is 2.46. The van der Waals surface area contributed by atoms with Crippen molar-refractivity contribution in [3.05, 3.63) is 0 Å². The molecule has 1 rings (SSSR count). The van der Waals surface area contributed by atoms with Gasteiger partial charge in [-0.25, -0.2) is 4.79 Å². The van der Waals surface area contributed by atoms with Crippen molar-refractivity contribution in [2.75, 3.05) is 12.3 Å². The van der Waals surface area contributed by atoms with Crippen molar-refractivity contribution < 1.29 is 48.0 Å². The van der Waals surface area contributed by atoms with Gasteiger partial charge in [-0.1, -0.05) is 0 Å². The molecule has 0 bridgehead atoms. The SMILES string of the molecule is O=C(NCCCS(=O)(=O)O)O[C@@H]1[C@H](O)[C@@H](O)[C@H](O)[C@@H](O)[C@@H]1O. The zero-order valence-electron chi connectivity index (χ0n) is 11.3. The molecule has 0 aromatic rings. The number of carbonyl (C=O) groups is 1. The van der Waals surface area contributed by atoms with Crippen molar-refractivity contribution in [2.45, 2.75) is 43.0 Å². The second kappa shape index (κ2) is 7.50. The summed E-state index contributed by atoms with van der Waals surface area (Å²) >= 11 is 0. The minimum Gasteiger partial charge on any atom is -0.440 e. The van der Waals surface area contributed by atoms with Crippen LogP contribution in [0.15, 0.2) is 0 Å². The highest BCUT2D eigenvalue weighted by atomic mass is 32.2. The summed E-state index contributed by atoms with van der Waals surface area (Å²) in [6, 6.07) is 0. The molecule has 1 aliphatic rings. The number of aliphatic hydroxyl groups excluding tert-OH is 5. The molecule has 22 heavy (non-hydrogen) atoms. The average molecular weight is 345 g/mol. The van der Waals surface area contributed by atoms with Gasteiger partial charge < -0.3 is 35.6 Å². The molecule has 0 saturated heterocycles. The van der Waals surface area contributed by atoms with Gasteiger partial charge in [-0.2, -0.15) is 8.42 Å². The maximum Gasteiger partial charge on any atom is 0.407 e. The molecule has 1 fully saturated rings. The molecule has 0 spiro atoms. The maximum absolute atomic E-state index is 11.4. The molecular weight excluding hydrogens is 326 g/mol. The van der Waals surface area contributed by atoms with Gasteiger partial charge in [-0.15, -0.1) is 0 Å². The first-order valence-electron chi connectivity index (χ1n) is 6.34. The number of carbonyl (C=O) groups excluding carboxylic acids is 1. The number of amides is 1. The van der Waals surface area contributed by atoms with Gasteiger partial charge in [0.25, 0.3) is 10.1 Å². The Kier molecular flexibility index (Phi) is 6.49. The number of alkyl carbamates (subject to hydrolysis) is 1. The minimum absolute atomic E-state index is 0.104. The van der Waals surface area contributed by atoms with Crippen LogP contribution < -0.4 is 5.32 Å². The smallest absolute Gasteiger partial charge is 0.407 e. The predicted molar refractivity (Wildman–Crippen MR) is 69.3 cm³/mol. The monoisotopic (exact) mass is 345 g/mol. The van der Waals surface area contributed by atoms with Crippen molar-refractivity contribution in [2.24, 2.45) is 0 Å². The van der Waals surface area contributed by atoms with E-state index < -0.39 is 58.6 Å². The summed E-state index contributed by atoms with van der Waals surface area (Å²) in [5, 5.41) is 49.6. The molecule has 1 saturated carbocycles. The second-order valence-corrected chi connectivity index (χ2v) is 6.46. The van der Waals surface area contributed by atoms with Crippen molar-refractivity contribution in [1.82, 2.24) is 5.32 Å². The zero-order valence-corrected chi connectivity index (χ0v) is 12.1. The molecule has 6 atom stereocenters. The van der Waals surface area contributed by atoms with E-state index in [1.807, 2.05) is 0 Å². The third kappa shape index (κ3) is 5.01. The van der Waals surface area contributed by atoms with Gasteiger partial charge in [0.1, 0.15) is 30.5 Å². The topological polar surface area (TPSA) is 194 Å². The van der Waals surface area contributed by atoms with Crippen LogP contribution in [0.25, 0.3) is 0 Å². The number of aliphatic hydroxyl groups is 5.